The molecule has 1 saturated heterocycles. The van der Waals surface area contributed by atoms with Crippen molar-refractivity contribution in [2.24, 2.45) is 0 Å². The van der Waals surface area contributed by atoms with Crippen LogP contribution in [0.1, 0.15) is 32.1 Å². The first-order chi connectivity index (χ1) is 12.2. The highest BCUT2D eigenvalue weighted by atomic mass is 16.5. The maximum Gasteiger partial charge on any atom is 0.323 e. The highest BCUT2D eigenvalue weighted by Gasteiger charge is 2.30. The lowest BCUT2D eigenvalue weighted by molar-refractivity contribution is -0.148. The van der Waals surface area contributed by atoms with Gasteiger partial charge in [0.2, 0.25) is 11.7 Å². The third kappa shape index (κ3) is 4.17. The van der Waals surface area contributed by atoms with Crippen molar-refractivity contribution < 1.29 is 18.8 Å². The minimum atomic E-state index is -0.237. The smallest absolute Gasteiger partial charge is 0.323 e. The van der Waals surface area contributed by atoms with Gasteiger partial charge in [-0.25, -0.2) is 0 Å². The second-order valence-corrected chi connectivity index (χ2v) is 5.97. The topological polar surface area (TPSA) is 77.7 Å². The predicted octanol–water partition coefficient (Wildman–Crippen LogP) is 2.66. The number of carbonyl (C=O) groups is 1. The summed E-state index contributed by atoms with van der Waals surface area (Å²) in [5, 5.41) is 4.05. The summed E-state index contributed by atoms with van der Waals surface area (Å²) in [6.07, 6.45) is 2.87. The normalized spacial score (nSPS) is 18.1. The van der Waals surface area contributed by atoms with Crippen molar-refractivity contribution in [1.82, 2.24) is 15.0 Å². The molecule has 1 atom stereocenters. The van der Waals surface area contributed by atoms with Crippen LogP contribution in [0.3, 0.4) is 0 Å². The van der Waals surface area contributed by atoms with Gasteiger partial charge in [-0.3, -0.25) is 9.69 Å². The van der Waals surface area contributed by atoms with E-state index in [1.165, 1.54) is 7.11 Å². The molecule has 0 amide bonds. The molecular weight excluding hydrogens is 322 g/mol. The second-order valence-electron chi connectivity index (χ2n) is 5.97. The van der Waals surface area contributed by atoms with Crippen LogP contribution in [-0.4, -0.2) is 47.3 Å². The number of rotatable bonds is 6. The Balaban J connectivity index is 1.69. The molecule has 25 heavy (non-hydrogen) atoms. The fourth-order valence-electron chi connectivity index (χ4n) is 3.06. The maximum atomic E-state index is 11.9. The van der Waals surface area contributed by atoms with E-state index in [9.17, 15) is 4.79 Å². The Kier molecular flexibility index (Phi) is 5.65. The molecular formula is C18H23N3O4. The quantitative estimate of drug-likeness (QED) is 0.745. The Labute approximate surface area is 146 Å². The Morgan fingerprint density at radius 1 is 1.32 bits per heavy atom. The SMILES string of the molecule is CCOc1ccc(-c2noc(CN3CCCC[C@@H]3C(=O)OC)n2)cc1. The monoisotopic (exact) mass is 345 g/mol. The fraction of sp³-hybridized carbons (Fsp3) is 0.500. The summed E-state index contributed by atoms with van der Waals surface area (Å²) in [7, 11) is 1.42. The van der Waals surface area contributed by atoms with E-state index in [1.807, 2.05) is 36.1 Å². The van der Waals surface area contributed by atoms with E-state index in [2.05, 4.69) is 10.1 Å². The van der Waals surface area contributed by atoms with Gasteiger partial charge in [0.15, 0.2) is 0 Å². The maximum absolute atomic E-state index is 11.9. The van der Waals surface area contributed by atoms with Crippen molar-refractivity contribution in [3.8, 4) is 17.1 Å². The molecule has 2 aromatic rings. The molecule has 0 aliphatic carbocycles. The lowest BCUT2D eigenvalue weighted by atomic mass is 10.0. The van der Waals surface area contributed by atoms with Crippen LogP contribution in [0.5, 0.6) is 5.75 Å². The summed E-state index contributed by atoms with van der Waals surface area (Å²) in [6, 6.07) is 7.33. The van der Waals surface area contributed by atoms with Crippen molar-refractivity contribution in [2.45, 2.75) is 38.8 Å². The Morgan fingerprint density at radius 2 is 2.12 bits per heavy atom. The number of aromatic nitrogens is 2. The molecule has 0 unspecified atom stereocenters. The van der Waals surface area contributed by atoms with Gasteiger partial charge in [0.05, 0.1) is 20.3 Å². The summed E-state index contributed by atoms with van der Waals surface area (Å²) < 4.78 is 15.7. The van der Waals surface area contributed by atoms with E-state index in [4.69, 9.17) is 14.0 Å². The number of methoxy groups -OCH3 is 1. The van der Waals surface area contributed by atoms with Crippen LogP contribution < -0.4 is 4.74 Å². The van der Waals surface area contributed by atoms with Gasteiger partial charge in [-0.05, 0) is 50.6 Å². The number of ether oxygens (including phenoxy) is 2. The molecule has 1 aliphatic rings. The van der Waals surface area contributed by atoms with Gasteiger partial charge < -0.3 is 14.0 Å². The number of likely N-dealkylation sites (tertiary alicyclic amines) is 1. The van der Waals surface area contributed by atoms with Crippen LogP contribution in [0.25, 0.3) is 11.4 Å². The molecule has 1 aliphatic heterocycles. The van der Waals surface area contributed by atoms with E-state index in [0.717, 1.165) is 37.1 Å². The molecule has 134 valence electrons. The Hall–Kier alpha value is -2.41. The van der Waals surface area contributed by atoms with Crippen LogP contribution >= 0.6 is 0 Å². The summed E-state index contributed by atoms with van der Waals surface area (Å²) >= 11 is 0. The van der Waals surface area contributed by atoms with Crippen LogP contribution in [0.2, 0.25) is 0 Å². The van der Waals surface area contributed by atoms with Crippen LogP contribution in [0.15, 0.2) is 28.8 Å². The lowest BCUT2D eigenvalue weighted by Crippen LogP contribution is -2.44. The molecule has 0 saturated carbocycles. The molecule has 0 spiro atoms. The van der Waals surface area contributed by atoms with Gasteiger partial charge in [0, 0.05) is 5.56 Å². The van der Waals surface area contributed by atoms with E-state index < -0.39 is 0 Å². The Morgan fingerprint density at radius 3 is 2.84 bits per heavy atom. The molecule has 0 bridgehead atoms. The van der Waals surface area contributed by atoms with E-state index in [1.54, 1.807) is 0 Å². The second kappa shape index (κ2) is 8.11. The number of nitrogens with zero attached hydrogens (tertiary/aromatic N) is 3. The molecule has 7 nitrogen and oxygen atoms in total. The lowest BCUT2D eigenvalue weighted by Gasteiger charge is -2.32. The molecule has 1 fully saturated rings. The molecule has 1 aromatic heterocycles. The minimum absolute atomic E-state index is 0.203. The molecule has 2 heterocycles. The molecule has 3 rings (SSSR count). The highest BCUT2D eigenvalue weighted by Crippen LogP contribution is 2.23. The van der Waals surface area contributed by atoms with E-state index >= 15 is 0 Å². The first-order valence-electron chi connectivity index (χ1n) is 8.59. The van der Waals surface area contributed by atoms with Gasteiger partial charge >= 0.3 is 5.97 Å². The van der Waals surface area contributed by atoms with Crippen molar-refractivity contribution in [2.75, 3.05) is 20.3 Å². The minimum Gasteiger partial charge on any atom is -0.494 e. The first kappa shape index (κ1) is 17.4. The number of piperidine rings is 1. The van der Waals surface area contributed by atoms with Crippen LogP contribution in [0.4, 0.5) is 0 Å². The van der Waals surface area contributed by atoms with Gasteiger partial charge in [-0.1, -0.05) is 11.6 Å². The van der Waals surface area contributed by atoms with Gasteiger partial charge in [-0.2, -0.15) is 4.98 Å². The van der Waals surface area contributed by atoms with E-state index in [0.29, 0.717) is 24.9 Å². The fourth-order valence-corrected chi connectivity index (χ4v) is 3.06. The van der Waals surface area contributed by atoms with Crippen molar-refractivity contribution in [3.05, 3.63) is 30.2 Å². The standard InChI is InChI=1S/C18H23N3O4/c1-3-24-14-9-7-13(8-10-14)17-19-16(25-20-17)12-21-11-5-4-6-15(21)18(22)23-2/h7-10,15H,3-6,11-12H2,1-2H3/t15-/m1/s1. The third-order valence-corrected chi connectivity index (χ3v) is 4.32. The van der Waals surface area contributed by atoms with Crippen molar-refractivity contribution in [1.29, 1.82) is 0 Å². The predicted molar refractivity (Wildman–Crippen MR) is 91.0 cm³/mol. The number of hydrogen-bond donors (Lipinski definition) is 0. The van der Waals surface area contributed by atoms with E-state index in [-0.39, 0.29) is 12.0 Å². The average molecular weight is 345 g/mol. The largest absolute Gasteiger partial charge is 0.494 e. The Bertz CT molecular complexity index is 699. The zero-order chi connectivity index (χ0) is 17.6. The highest BCUT2D eigenvalue weighted by molar-refractivity contribution is 5.75. The van der Waals surface area contributed by atoms with Gasteiger partial charge in [-0.15, -0.1) is 0 Å². The van der Waals surface area contributed by atoms with Gasteiger partial charge in [0.25, 0.3) is 0 Å². The molecule has 1 aromatic carbocycles. The summed E-state index contributed by atoms with van der Waals surface area (Å²) in [4.78, 5) is 18.4. The summed E-state index contributed by atoms with van der Waals surface area (Å²) in [5.41, 5.74) is 0.863. The number of esters is 1. The van der Waals surface area contributed by atoms with Crippen LogP contribution in [-0.2, 0) is 16.1 Å². The molecule has 7 heteroatoms. The van der Waals surface area contributed by atoms with Crippen molar-refractivity contribution >= 4 is 5.97 Å². The third-order valence-electron chi connectivity index (χ3n) is 4.32. The summed E-state index contributed by atoms with van der Waals surface area (Å²) in [6.45, 7) is 3.84. The molecule has 0 radical (unpaired) electrons. The van der Waals surface area contributed by atoms with Crippen LogP contribution in [0, 0.1) is 0 Å². The summed E-state index contributed by atoms with van der Waals surface area (Å²) in [5.74, 6) is 1.64. The average Bonchev–Trinajstić information content (AvgIpc) is 3.11. The zero-order valence-corrected chi connectivity index (χ0v) is 14.6. The number of carbonyl (C=O) groups excluding carboxylic acids is 1. The number of hydrogen-bond acceptors (Lipinski definition) is 7. The molecule has 0 N–H and O–H groups in total. The zero-order valence-electron chi connectivity index (χ0n) is 14.6. The first-order valence-corrected chi connectivity index (χ1v) is 8.59. The van der Waals surface area contributed by atoms with Crippen molar-refractivity contribution in [3.63, 3.8) is 0 Å². The van der Waals surface area contributed by atoms with Gasteiger partial charge in [0.1, 0.15) is 11.8 Å². The number of benzene rings is 1.